The number of carbonyl (C=O) groups excluding carboxylic acids is 2. The van der Waals surface area contributed by atoms with E-state index in [9.17, 15) is 14.0 Å². The maximum Gasteiger partial charge on any atom is 0.262 e. The van der Waals surface area contributed by atoms with E-state index in [0.29, 0.717) is 30.3 Å². The molecule has 8 heteroatoms. The topological polar surface area (TPSA) is 89.0 Å². The van der Waals surface area contributed by atoms with Crippen molar-refractivity contribution in [3.63, 3.8) is 0 Å². The highest BCUT2D eigenvalue weighted by atomic mass is 19.1. The third-order valence-corrected chi connectivity index (χ3v) is 4.77. The summed E-state index contributed by atoms with van der Waals surface area (Å²) in [6, 6.07) is 10.1. The number of hydrogen-bond donors (Lipinski definition) is 2. The number of nitrogens with one attached hydrogen (secondary N) is 2. The van der Waals surface area contributed by atoms with E-state index in [-0.39, 0.29) is 11.5 Å². The van der Waals surface area contributed by atoms with Crippen molar-refractivity contribution in [1.82, 2.24) is 10.7 Å². The van der Waals surface area contributed by atoms with Crippen molar-refractivity contribution in [2.24, 2.45) is 11.0 Å². The number of unbranched alkanes of at least 4 members (excludes halogenated alkanes) is 1. The second kappa shape index (κ2) is 13.2. The van der Waals surface area contributed by atoms with Gasteiger partial charge < -0.3 is 14.8 Å². The monoisotopic (exact) mass is 457 g/mol. The Balaban J connectivity index is 2.04. The van der Waals surface area contributed by atoms with E-state index < -0.39 is 23.7 Å². The average Bonchev–Trinajstić information content (AvgIpc) is 2.79. The Morgan fingerprint density at radius 1 is 1.09 bits per heavy atom. The first-order valence-electron chi connectivity index (χ1n) is 11.1. The van der Waals surface area contributed by atoms with Crippen LogP contribution in [0.25, 0.3) is 0 Å². The van der Waals surface area contributed by atoms with E-state index >= 15 is 0 Å². The zero-order valence-electron chi connectivity index (χ0n) is 19.6. The van der Waals surface area contributed by atoms with Gasteiger partial charge in [0.2, 0.25) is 0 Å². The molecule has 1 unspecified atom stereocenters. The lowest BCUT2D eigenvalue weighted by Gasteiger charge is -2.20. The summed E-state index contributed by atoms with van der Waals surface area (Å²) in [5.74, 6) is -0.798. The maximum atomic E-state index is 13.9. The van der Waals surface area contributed by atoms with Gasteiger partial charge in [-0.25, -0.2) is 9.82 Å². The molecule has 0 bridgehead atoms. The van der Waals surface area contributed by atoms with Crippen molar-refractivity contribution in [2.45, 2.75) is 46.6 Å². The number of rotatable bonds is 12. The molecule has 2 aromatic carbocycles. The molecular formula is C25H32FN3O4. The average molecular weight is 458 g/mol. The summed E-state index contributed by atoms with van der Waals surface area (Å²) >= 11 is 0. The van der Waals surface area contributed by atoms with Crippen molar-refractivity contribution in [3.05, 3.63) is 59.4 Å². The van der Waals surface area contributed by atoms with Gasteiger partial charge in [0.15, 0.2) is 11.5 Å². The minimum atomic E-state index is -0.886. The number of nitrogens with zero attached hydrogens (tertiary/aromatic N) is 1. The molecule has 178 valence electrons. The molecular weight excluding hydrogens is 425 g/mol. The van der Waals surface area contributed by atoms with Crippen LogP contribution in [-0.2, 0) is 4.79 Å². The van der Waals surface area contributed by atoms with Crippen LogP contribution < -0.4 is 20.2 Å². The number of benzene rings is 2. The number of hydrogen-bond acceptors (Lipinski definition) is 5. The molecule has 33 heavy (non-hydrogen) atoms. The van der Waals surface area contributed by atoms with Crippen molar-refractivity contribution in [1.29, 1.82) is 0 Å². The number of carbonyl (C=O) groups is 2. The van der Waals surface area contributed by atoms with Gasteiger partial charge in [-0.3, -0.25) is 9.59 Å². The molecule has 0 saturated heterocycles. The second-order valence-corrected chi connectivity index (χ2v) is 7.75. The van der Waals surface area contributed by atoms with E-state index in [4.69, 9.17) is 9.47 Å². The first kappa shape index (κ1) is 25.8. The zero-order chi connectivity index (χ0) is 24.2. The molecule has 1 atom stereocenters. The molecule has 0 aliphatic heterocycles. The van der Waals surface area contributed by atoms with Gasteiger partial charge in [-0.1, -0.05) is 39.3 Å². The molecule has 7 nitrogen and oxygen atoms in total. The lowest BCUT2D eigenvalue weighted by molar-refractivity contribution is -0.123. The molecule has 2 amide bonds. The Bertz CT molecular complexity index is 962. The minimum absolute atomic E-state index is 0.121. The third-order valence-electron chi connectivity index (χ3n) is 4.77. The summed E-state index contributed by atoms with van der Waals surface area (Å²) in [5.41, 5.74) is 3.03. The van der Waals surface area contributed by atoms with Crippen LogP contribution in [0.15, 0.2) is 47.6 Å². The predicted molar refractivity (Wildman–Crippen MR) is 126 cm³/mol. The van der Waals surface area contributed by atoms with Crippen LogP contribution in [-0.4, -0.2) is 37.3 Å². The normalized spacial score (nSPS) is 11.9. The third kappa shape index (κ3) is 7.89. The Hall–Kier alpha value is -3.42. The molecule has 0 aliphatic carbocycles. The highest BCUT2D eigenvalue weighted by molar-refractivity contribution is 5.98. The van der Waals surface area contributed by atoms with Crippen LogP contribution in [0.2, 0.25) is 0 Å². The zero-order valence-corrected chi connectivity index (χ0v) is 19.6. The van der Waals surface area contributed by atoms with Crippen LogP contribution in [0.5, 0.6) is 11.5 Å². The van der Waals surface area contributed by atoms with Crippen LogP contribution in [0.4, 0.5) is 4.39 Å². The standard InChI is InChI=1S/C25H32FN3O4/c1-5-7-14-33-21-13-12-18(15-22(21)32-6-2)16-27-29-25(31)23(17(3)4)28-24(30)19-10-8-9-11-20(19)26/h8-13,15-17,23H,5-7,14H2,1-4H3,(H,28,30)(H,29,31). The van der Waals surface area contributed by atoms with Gasteiger partial charge in [-0.15, -0.1) is 0 Å². The van der Waals surface area contributed by atoms with E-state index in [2.05, 4.69) is 22.8 Å². The van der Waals surface area contributed by atoms with Gasteiger partial charge in [0, 0.05) is 0 Å². The fourth-order valence-corrected chi connectivity index (χ4v) is 2.96. The van der Waals surface area contributed by atoms with Crippen LogP contribution in [0, 0.1) is 11.7 Å². The molecule has 2 N–H and O–H groups in total. The maximum absolute atomic E-state index is 13.9. The summed E-state index contributed by atoms with van der Waals surface area (Å²) < 4.78 is 25.3. The summed E-state index contributed by atoms with van der Waals surface area (Å²) in [6.45, 7) is 8.63. The molecule has 0 radical (unpaired) electrons. The summed E-state index contributed by atoms with van der Waals surface area (Å²) in [4.78, 5) is 25.0. The fraction of sp³-hybridized carbons (Fsp3) is 0.400. The Morgan fingerprint density at radius 3 is 2.52 bits per heavy atom. The molecule has 0 heterocycles. The molecule has 0 aliphatic rings. The van der Waals surface area contributed by atoms with Crippen LogP contribution in [0.1, 0.15) is 56.5 Å². The summed E-state index contributed by atoms with van der Waals surface area (Å²) in [7, 11) is 0. The Kier molecular flexibility index (Phi) is 10.3. The summed E-state index contributed by atoms with van der Waals surface area (Å²) in [5, 5.41) is 6.58. The predicted octanol–water partition coefficient (Wildman–Crippen LogP) is 4.31. The molecule has 0 fully saturated rings. The van der Waals surface area contributed by atoms with E-state index in [1.165, 1.54) is 24.4 Å². The lowest BCUT2D eigenvalue weighted by atomic mass is 10.0. The largest absolute Gasteiger partial charge is 0.490 e. The highest BCUT2D eigenvalue weighted by Gasteiger charge is 2.25. The van der Waals surface area contributed by atoms with Crippen molar-refractivity contribution >= 4 is 18.0 Å². The van der Waals surface area contributed by atoms with E-state index in [1.807, 2.05) is 6.92 Å². The van der Waals surface area contributed by atoms with Crippen LogP contribution >= 0.6 is 0 Å². The lowest BCUT2D eigenvalue weighted by Crippen LogP contribution is -2.48. The number of halogens is 1. The van der Waals surface area contributed by atoms with Crippen molar-refractivity contribution < 1.29 is 23.5 Å². The van der Waals surface area contributed by atoms with Gasteiger partial charge in [0.25, 0.3) is 11.8 Å². The molecule has 2 rings (SSSR count). The number of hydrazone groups is 1. The first-order chi connectivity index (χ1) is 15.9. The van der Waals surface area contributed by atoms with E-state index in [1.54, 1.807) is 38.1 Å². The van der Waals surface area contributed by atoms with Gasteiger partial charge in [0.05, 0.1) is 25.0 Å². The number of amides is 2. The quantitative estimate of drug-likeness (QED) is 0.282. The SMILES string of the molecule is CCCCOc1ccc(C=NNC(=O)C(NC(=O)c2ccccc2F)C(C)C)cc1OCC. The Labute approximate surface area is 194 Å². The van der Waals surface area contributed by atoms with E-state index in [0.717, 1.165) is 12.8 Å². The molecule has 0 aromatic heterocycles. The van der Waals surface area contributed by atoms with Crippen LogP contribution in [0.3, 0.4) is 0 Å². The van der Waals surface area contributed by atoms with Gasteiger partial charge in [0.1, 0.15) is 11.9 Å². The molecule has 2 aromatic rings. The van der Waals surface area contributed by atoms with Crippen molar-refractivity contribution in [3.8, 4) is 11.5 Å². The van der Waals surface area contributed by atoms with Crippen molar-refractivity contribution in [2.75, 3.05) is 13.2 Å². The second-order valence-electron chi connectivity index (χ2n) is 7.75. The summed E-state index contributed by atoms with van der Waals surface area (Å²) in [6.07, 6.45) is 3.46. The Morgan fingerprint density at radius 2 is 1.85 bits per heavy atom. The molecule has 0 spiro atoms. The smallest absolute Gasteiger partial charge is 0.262 e. The first-order valence-corrected chi connectivity index (χ1v) is 11.1. The number of ether oxygens (including phenoxy) is 2. The van der Waals surface area contributed by atoms with Gasteiger partial charge in [-0.05, 0) is 55.2 Å². The minimum Gasteiger partial charge on any atom is -0.490 e. The molecule has 0 saturated carbocycles. The van der Waals surface area contributed by atoms with Gasteiger partial charge >= 0.3 is 0 Å². The fourth-order valence-electron chi connectivity index (χ4n) is 2.96. The van der Waals surface area contributed by atoms with Gasteiger partial charge in [-0.2, -0.15) is 5.10 Å². The highest BCUT2D eigenvalue weighted by Crippen LogP contribution is 2.28.